The van der Waals surface area contributed by atoms with Gasteiger partial charge < -0.3 is 10.1 Å². The first kappa shape index (κ1) is 16.1. The topological polar surface area (TPSA) is 21.3 Å². The Labute approximate surface area is 133 Å². The minimum atomic E-state index is -0.395. The van der Waals surface area contributed by atoms with Crippen LogP contribution in [0.5, 0.6) is 5.75 Å². The zero-order valence-electron chi connectivity index (χ0n) is 11.8. The monoisotopic (exact) mass is 327 g/mol. The zero-order valence-corrected chi connectivity index (χ0v) is 13.3. The van der Waals surface area contributed by atoms with Gasteiger partial charge in [-0.25, -0.2) is 4.39 Å². The van der Waals surface area contributed by atoms with Gasteiger partial charge in [0, 0.05) is 10.0 Å². The molecule has 2 aromatic rings. The first-order valence-electron chi connectivity index (χ1n) is 6.58. The summed E-state index contributed by atoms with van der Waals surface area (Å²) in [6.45, 7) is 2.72. The van der Waals surface area contributed by atoms with Crippen LogP contribution in [0.15, 0.2) is 36.4 Å². The van der Waals surface area contributed by atoms with Gasteiger partial charge in [-0.15, -0.1) is 0 Å². The molecule has 0 fully saturated rings. The van der Waals surface area contributed by atoms with Crippen LogP contribution in [0.4, 0.5) is 4.39 Å². The van der Waals surface area contributed by atoms with Gasteiger partial charge in [-0.05, 0) is 48.0 Å². The van der Waals surface area contributed by atoms with Crippen LogP contribution in [0.3, 0.4) is 0 Å². The summed E-state index contributed by atoms with van der Waals surface area (Å²) in [6.07, 6.45) is 0. The second-order valence-corrected chi connectivity index (χ2v) is 5.39. The molecule has 0 heterocycles. The van der Waals surface area contributed by atoms with Crippen LogP contribution >= 0.6 is 23.2 Å². The van der Waals surface area contributed by atoms with E-state index < -0.39 is 5.82 Å². The standard InChI is InChI=1S/C16H16Cl2FNO/c1-3-20-16(12-9-11(17)5-6-13(12)18)10-4-7-14(19)15(8-10)21-2/h4-9,16,20H,3H2,1-2H3. The van der Waals surface area contributed by atoms with Crippen molar-refractivity contribution in [2.24, 2.45) is 0 Å². The highest BCUT2D eigenvalue weighted by Crippen LogP contribution is 2.32. The molecule has 0 aliphatic rings. The molecule has 2 rings (SSSR count). The van der Waals surface area contributed by atoms with E-state index in [-0.39, 0.29) is 11.8 Å². The fourth-order valence-electron chi connectivity index (χ4n) is 2.20. The van der Waals surface area contributed by atoms with Gasteiger partial charge in [0.15, 0.2) is 11.6 Å². The van der Waals surface area contributed by atoms with Gasteiger partial charge in [-0.1, -0.05) is 36.2 Å². The SMILES string of the molecule is CCNC(c1ccc(F)c(OC)c1)c1cc(Cl)ccc1Cl. The van der Waals surface area contributed by atoms with Crippen LogP contribution in [0, 0.1) is 5.82 Å². The Kier molecular flexibility index (Phi) is 5.45. The Morgan fingerprint density at radius 3 is 2.62 bits per heavy atom. The van der Waals surface area contributed by atoms with E-state index in [1.807, 2.05) is 13.0 Å². The third-order valence-electron chi connectivity index (χ3n) is 3.19. The van der Waals surface area contributed by atoms with E-state index in [2.05, 4.69) is 5.32 Å². The molecule has 0 aliphatic heterocycles. The number of nitrogens with one attached hydrogen (secondary N) is 1. The summed E-state index contributed by atoms with van der Waals surface area (Å²) < 4.78 is 18.6. The Bertz CT molecular complexity index is 634. The summed E-state index contributed by atoms with van der Waals surface area (Å²) in [7, 11) is 1.44. The lowest BCUT2D eigenvalue weighted by atomic mass is 9.98. The highest BCUT2D eigenvalue weighted by molar-refractivity contribution is 6.33. The molecule has 0 radical (unpaired) electrons. The zero-order chi connectivity index (χ0) is 15.4. The second kappa shape index (κ2) is 7.12. The van der Waals surface area contributed by atoms with E-state index in [1.165, 1.54) is 13.2 Å². The summed E-state index contributed by atoms with van der Waals surface area (Å²) >= 11 is 12.3. The predicted molar refractivity (Wildman–Crippen MR) is 84.9 cm³/mol. The van der Waals surface area contributed by atoms with Gasteiger partial charge in [0.2, 0.25) is 0 Å². The summed E-state index contributed by atoms with van der Waals surface area (Å²) in [5.74, 6) is -0.192. The summed E-state index contributed by atoms with van der Waals surface area (Å²) in [6, 6.07) is 9.88. The molecule has 1 atom stereocenters. The van der Waals surface area contributed by atoms with E-state index in [0.29, 0.717) is 10.0 Å². The van der Waals surface area contributed by atoms with Crippen LogP contribution in [0.1, 0.15) is 24.1 Å². The maximum absolute atomic E-state index is 13.6. The molecule has 0 aromatic heterocycles. The summed E-state index contributed by atoms with van der Waals surface area (Å²) in [5.41, 5.74) is 1.71. The number of methoxy groups -OCH3 is 1. The van der Waals surface area contributed by atoms with Crippen molar-refractivity contribution in [2.75, 3.05) is 13.7 Å². The van der Waals surface area contributed by atoms with Crippen LogP contribution in [0.25, 0.3) is 0 Å². The molecule has 0 amide bonds. The van der Waals surface area contributed by atoms with Gasteiger partial charge in [0.1, 0.15) is 0 Å². The minimum Gasteiger partial charge on any atom is -0.494 e. The number of hydrogen-bond acceptors (Lipinski definition) is 2. The Morgan fingerprint density at radius 2 is 1.95 bits per heavy atom. The van der Waals surface area contributed by atoms with E-state index in [0.717, 1.165) is 17.7 Å². The third-order valence-corrected chi connectivity index (χ3v) is 3.77. The molecule has 0 bridgehead atoms. The second-order valence-electron chi connectivity index (χ2n) is 4.55. The van der Waals surface area contributed by atoms with Gasteiger partial charge in [-0.2, -0.15) is 0 Å². The van der Waals surface area contributed by atoms with Gasteiger partial charge in [-0.3, -0.25) is 0 Å². The number of rotatable bonds is 5. The van der Waals surface area contributed by atoms with Crippen molar-refractivity contribution in [3.05, 3.63) is 63.4 Å². The van der Waals surface area contributed by atoms with E-state index in [4.69, 9.17) is 27.9 Å². The quantitative estimate of drug-likeness (QED) is 0.848. The lowest BCUT2D eigenvalue weighted by molar-refractivity contribution is 0.385. The number of hydrogen-bond donors (Lipinski definition) is 1. The van der Waals surface area contributed by atoms with Crippen molar-refractivity contribution in [1.29, 1.82) is 0 Å². The molecular weight excluding hydrogens is 312 g/mol. The molecule has 0 spiro atoms. The fourth-order valence-corrected chi connectivity index (χ4v) is 2.61. The molecule has 2 aromatic carbocycles. The van der Waals surface area contributed by atoms with Crippen LogP contribution in [-0.4, -0.2) is 13.7 Å². The minimum absolute atomic E-state index is 0.185. The molecule has 5 heteroatoms. The maximum Gasteiger partial charge on any atom is 0.165 e. The Hall–Kier alpha value is -1.29. The van der Waals surface area contributed by atoms with Gasteiger partial charge >= 0.3 is 0 Å². The molecule has 0 saturated heterocycles. The van der Waals surface area contributed by atoms with E-state index in [1.54, 1.807) is 24.3 Å². The average Bonchev–Trinajstić information content (AvgIpc) is 2.48. The highest BCUT2D eigenvalue weighted by Gasteiger charge is 2.18. The predicted octanol–water partition coefficient (Wildman–Crippen LogP) is 4.84. The van der Waals surface area contributed by atoms with Crippen molar-refractivity contribution in [1.82, 2.24) is 5.32 Å². The number of benzene rings is 2. The van der Waals surface area contributed by atoms with Gasteiger partial charge in [0.25, 0.3) is 0 Å². The number of ether oxygens (including phenoxy) is 1. The first-order chi connectivity index (χ1) is 10.1. The fraction of sp³-hybridized carbons (Fsp3) is 0.250. The van der Waals surface area contributed by atoms with Crippen molar-refractivity contribution < 1.29 is 9.13 Å². The lowest BCUT2D eigenvalue weighted by Crippen LogP contribution is -2.22. The normalized spacial score (nSPS) is 12.2. The molecular formula is C16H16Cl2FNO. The van der Waals surface area contributed by atoms with Crippen LogP contribution in [-0.2, 0) is 0 Å². The molecule has 0 aliphatic carbocycles. The van der Waals surface area contributed by atoms with Crippen molar-refractivity contribution in [2.45, 2.75) is 13.0 Å². The smallest absolute Gasteiger partial charge is 0.165 e. The van der Waals surface area contributed by atoms with Crippen LogP contribution in [0.2, 0.25) is 10.0 Å². The van der Waals surface area contributed by atoms with Crippen LogP contribution < -0.4 is 10.1 Å². The van der Waals surface area contributed by atoms with Crippen molar-refractivity contribution >= 4 is 23.2 Å². The molecule has 21 heavy (non-hydrogen) atoms. The number of halogens is 3. The average molecular weight is 328 g/mol. The van der Waals surface area contributed by atoms with E-state index >= 15 is 0 Å². The van der Waals surface area contributed by atoms with Crippen molar-refractivity contribution in [3.8, 4) is 5.75 Å². The van der Waals surface area contributed by atoms with E-state index in [9.17, 15) is 4.39 Å². The largest absolute Gasteiger partial charge is 0.494 e. The summed E-state index contributed by atoms with van der Waals surface area (Å²) in [5, 5.41) is 4.54. The molecule has 0 saturated carbocycles. The Morgan fingerprint density at radius 1 is 1.19 bits per heavy atom. The van der Waals surface area contributed by atoms with Crippen molar-refractivity contribution in [3.63, 3.8) is 0 Å². The summed E-state index contributed by atoms with van der Waals surface area (Å²) in [4.78, 5) is 0. The Balaban J connectivity index is 2.50. The van der Waals surface area contributed by atoms with Gasteiger partial charge in [0.05, 0.1) is 13.2 Å². The highest BCUT2D eigenvalue weighted by atomic mass is 35.5. The molecule has 2 nitrogen and oxygen atoms in total. The molecule has 112 valence electrons. The first-order valence-corrected chi connectivity index (χ1v) is 7.34. The molecule has 1 unspecified atom stereocenters. The maximum atomic E-state index is 13.6. The third kappa shape index (κ3) is 3.67. The lowest BCUT2D eigenvalue weighted by Gasteiger charge is -2.21. The molecule has 1 N–H and O–H groups in total.